The van der Waals surface area contributed by atoms with E-state index < -0.39 is 29.2 Å². The van der Waals surface area contributed by atoms with Crippen LogP contribution in [0.25, 0.3) is 0 Å². The van der Waals surface area contributed by atoms with Gasteiger partial charge in [-0.15, -0.1) is 0 Å². The molecule has 0 aromatic heterocycles. The Bertz CT molecular complexity index is 478. The Morgan fingerprint density at radius 2 is 1.78 bits per heavy atom. The quantitative estimate of drug-likeness (QED) is 0.682. The number of alkyl halides is 3. The van der Waals surface area contributed by atoms with Gasteiger partial charge in [-0.3, -0.25) is 14.9 Å². The average molecular weight is 320 g/mol. The minimum atomic E-state index is -2.89. The number of nitrogens with one attached hydrogen (secondary N) is 1. The summed E-state index contributed by atoms with van der Waals surface area (Å²) >= 11 is 3.12. The topological polar surface area (TPSA) is 55.4 Å². The third-order valence-corrected chi connectivity index (χ3v) is 3.48. The Kier molecular flexibility index (Phi) is 3.60. The molecule has 4 nitrogen and oxygen atoms in total. The van der Waals surface area contributed by atoms with Crippen molar-refractivity contribution in [2.24, 2.45) is 0 Å². The van der Waals surface area contributed by atoms with E-state index in [0.29, 0.717) is 5.56 Å². The van der Waals surface area contributed by atoms with E-state index >= 15 is 0 Å². The van der Waals surface area contributed by atoms with Gasteiger partial charge in [-0.05, 0) is 17.7 Å². The molecule has 1 heterocycles. The monoisotopic (exact) mass is 319 g/mol. The highest BCUT2D eigenvalue weighted by atomic mass is 79.9. The van der Waals surface area contributed by atoms with Gasteiger partial charge in [0.25, 0.3) is 0 Å². The summed E-state index contributed by atoms with van der Waals surface area (Å²) in [7, 11) is 0. The molecule has 1 N–H and O–H groups in total. The Morgan fingerprint density at radius 1 is 1.17 bits per heavy atom. The Balaban J connectivity index is 2.19. The standard InChI is InChI=1S/C11H8BrF2NO3/c12-8-7(9(16)15-10(8)17)5-1-3-6(4-2-5)18-11(13)14/h1-4,7-8,11H,(H,15,16,17). The van der Waals surface area contributed by atoms with Crippen molar-refractivity contribution in [3.05, 3.63) is 29.8 Å². The zero-order valence-electron chi connectivity index (χ0n) is 8.90. The predicted molar refractivity (Wildman–Crippen MR) is 61.7 cm³/mol. The average Bonchev–Trinajstić information content (AvgIpc) is 2.54. The minimum Gasteiger partial charge on any atom is -0.435 e. The van der Waals surface area contributed by atoms with E-state index in [4.69, 9.17) is 0 Å². The summed E-state index contributed by atoms with van der Waals surface area (Å²) < 4.78 is 28.1. The van der Waals surface area contributed by atoms with Crippen LogP contribution in [0.2, 0.25) is 0 Å². The summed E-state index contributed by atoms with van der Waals surface area (Å²) in [6.07, 6.45) is 0. The maximum atomic E-state index is 12.0. The second-order valence-electron chi connectivity index (χ2n) is 3.68. The van der Waals surface area contributed by atoms with Crippen molar-refractivity contribution in [3.63, 3.8) is 0 Å². The van der Waals surface area contributed by atoms with Gasteiger partial charge in [0.15, 0.2) is 0 Å². The first kappa shape index (κ1) is 12.9. The van der Waals surface area contributed by atoms with Gasteiger partial charge in [0.2, 0.25) is 11.8 Å². The molecule has 2 unspecified atom stereocenters. The number of imide groups is 1. The fraction of sp³-hybridized carbons (Fsp3) is 0.273. The van der Waals surface area contributed by atoms with Crippen LogP contribution in [-0.2, 0) is 9.59 Å². The van der Waals surface area contributed by atoms with Gasteiger partial charge in [-0.25, -0.2) is 0 Å². The van der Waals surface area contributed by atoms with E-state index in [1.54, 1.807) is 0 Å². The summed E-state index contributed by atoms with van der Waals surface area (Å²) in [6, 6.07) is 5.62. The van der Waals surface area contributed by atoms with Crippen molar-refractivity contribution in [2.75, 3.05) is 0 Å². The zero-order valence-corrected chi connectivity index (χ0v) is 10.5. The normalized spacial score (nSPS) is 23.3. The summed E-state index contributed by atoms with van der Waals surface area (Å²) in [5, 5.41) is 2.19. The number of benzene rings is 1. The van der Waals surface area contributed by atoms with E-state index in [1.165, 1.54) is 24.3 Å². The molecule has 0 spiro atoms. The minimum absolute atomic E-state index is 0.00426. The molecule has 96 valence electrons. The molecule has 2 rings (SSSR count). The summed E-state index contributed by atoms with van der Waals surface area (Å²) in [4.78, 5) is 22.2. The number of hydrogen-bond donors (Lipinski definition) is 1. The van der Waals surface area contributed by atoms with Crippen molar-refractivity contribution in [3.8, 4) is 5.75 Å². The van der Waals surface area contributed by atoms with Crippen molar-refractivity contribution in [1.82, 2.24) is 5.32 Å². The number of carbonyl (C=O) groups is 2. The Labute approximate surface area is 109 Å². The van der Waals surface area contributed by atoms with Crippen LogP contribution in [0.3, 0.4) is 0 Å². The van der Waals surface area contributed by atoms with Crippen molar-refractivity contribution in [2.45, 2.75) is 17.4 Å². The number of carbonyl (C=O) groups excluding carboxylic acids is 2. The van der Waals surface area contributed by atoms with E-state index in [9.17, 15) is 18.4 Å². The first-order valence-corrected chi connectivity index (χ1v) is 5.94. The Hall–Kier alpha value is -1.50. The van der Waals surface area contributed by atoms with Crippen molar-refractivity contribution >= 4 is 27.7 Å². The molecule has 18 heavy (non-hydrogen) atoms. The van der Waals surface area contributed by atoms with Crippen LogP contribution in [0.5, 0.6) is 5.75 Å². The lowest BCUT2D eigenvalue weighted by molar-refractivity contribution is -0.125. The summed E-state index contributed by atoms with van der Waals surface area (Å²) in [5.41, 5.74) is 0.557. The largest absolute Gasteiger partial charge is 0.435 e. The molecule has 2 amide bonds. The number of halogens is 3. The SMILES string of the molecule is O=C1NC(=O)C(c2ccc(OC(F)F)cc2)C1Br. The summed E-state index contributed by atoms with van der Waals surface area (Å²) in [5.74, 6) is -1.47. The number of amides is 2. The first-order valence-electron chi connectivity index (χ1n) is 5.02. The van der Waals surface area contributed by atoms with Crippen LogP contribution in [0.1, 0.15) is 11.5 Å². The molecule has 0 aliphatic carbocycles. The fourth-order valence-corrected chi connectivity index (χ4v) is 2.39. The molecule has 1 aliphatic rings. The van der Waals surface area contributed by atoms with Crippen LogP contribution in [0, 0.1) is 0 Å². The molecule has 1 aromatic carbocycles. The van der Waals surface area contributed by atoms with Crippen LogP contribution >= 0.6 is 15.9 Å². The van der Waals surface area contributed by atoms with Gasteiger partial charge in [0.1, 0.15) is 10.6 Å². The maximum Gasteiger partial charge on any atom is 0.387 e. The number of rotatable bonds is 3. The Morgan fingerprint density at radius 3 is 2.22 bits per heavy atom. The molecule has 0 radical (unpaired) electrons. The first-order chi connectivity index (χ1) is 8.49. The second kappa shape index (κ2) is 5.01. The lowest BCUT2D eigenvalue weighted by Gasteiger charge is -2.11. The number of ether oxygens (including phenoxy) is 1. The highest BCUT2D eigenvalue weighted by molar-refractivity contribution is 9.10. The molecule has 1 fully saturated rings. The van der Waals surface area contributed by atoms with Crippen molar-refractivity contribution in [1.29, 1.82) is 0 Å². The summed E-state index contributed by atoms with van der Waals surface area (Å²) in [6.45, 7) is -2.89. The van der Waals surface area contributed by atoms with Gasteiger partial charge in [-0.1, -0.05) is 28.1 Å². The van der Waals surface area contributed by atoms with Gasteiger partial charge >= 0.3 is 6.61 Å². The predicted octanol–water partition coefficient (Wildman–Crippen LogP) is 1.79. The van der Waals surface area contributed by atoms with Gasteiger partial charge in [0.05, 0.1) is 5.92 Å². The number of hydrogen-bond acceptors (Lipinski definition) is 3. The van der Waals surface area contributed by atoms with E-state index in [1.807, 2.05) is 0 Å². The van der Waals surface area contributed by atoms with E-state index in [2.05, 4.69) is 26.0 Å². The van der Waals surface area contributed by atoms with Crippen LogP contribution in [0.15, 0.2) is 24.3 Å². The second-order valence-corrected chi connectivity index (χ2v) is 4.67. The van der Waals surface area contributed by atoms with Gasteiger partial charge in [0, 0.05) is 0 Å². The molecule has 1 aliphatic heterocycles. The van der Waals surface area contributed by atoms with Crippen LogP contribution in [-0.4, -0.2) is 23.3 Å². The van der Waals surface area contributed by atoms with Crippen LogP contribution in [0.4, 0.5) is 8.78 Å². The molecule has 0 saturated carbocycles. The highest BCUT2D eigenvalue weighted by Crippen LogP contribution is 2.31. The molecule has 1 saturated heterocycles. The smallest absolute Gasteiger partial charge is 0.387 e. The van der Waals surface area contributed by atoms with Crippen molar-refractivity contribution < 1.29 is 23.1 Å². The molecular formula is C11H8BrF2NO3. The molecule has 0 bridgehead atoms. The van der Waals surface area contributed by atoms with Gasteiger partial charge in [-0.2, -0.15) is 8.78 Å². The molecule has 2 atom stereocenters. The lowest BCUT2D eigenvalue weighted by Crippen LogP contribution is -2.22. The van der Waals surface area contributed by atoms with E-state index in [-0.39, 0.29) is 5.75 Å². The third kappa shape index (κ3) is 2.50. The van der Waals surface area contributed by atoms with Gasteiger partial charge < -0.3 is 4.74 Å². The van der Waals surface area contributed by atoms with Crippen LogP contribution < -0.4 is 10.1 Å². The maximum absolute atomic E-state index is 12.0. The molecule has 1 aromatic rings. The molecular weight excluding hydrogens is 312 g/mol. The fourth-order valence-electron chi connectivity index (χ4n) is 1.73. The van der Waals surface area contributed by atoms with E-state index in [0.717, 1.165) is 0 Å². The highest BCUT2D eigenvalue weighted by Gasteiger charge is 2.40. The zero-order chi connectivity index (χ0) is 13.3. The lowest BCUT2D eigenvalue weighted by atomic mass is 9.97. The molecule has 7 heteroatoms. The third-order valence-electron chi connectivity index (χ3n) is 2.54.